The smallest absolute Gasteiger partial charge is 0.270 e. The lowest BCUT2D eigenvalue weighted by molar-refractivity contribution is -0.113. The minimum Gasteiger partial charge on any atom is -0.494 e. The highest BCUT2D eigenvalue weighted by Crippen LogP contribution is 2.37. The number of hydrogen-bond acceptors (Lipinski definition) is 7. The molecule has 0 saturated carbocycles. The Morgan fingerprint density at radius 1 is 0.949 bits per heavy atom. The number of ether oxygens (including phenoxy) is 2. The van der Waals surface area contributed by atoms with Crippen LogP contribution in [0.1, 0.15) is 24.8 Å². The quantitative estimate of drug-likeness (QED) is 0.171. The van der Waals surface area contributed by atoms with Crippen LogP contribution in [-0.4, -0.2) is 47.4 Å². The summed E-state index contributed by atoms with van der Waals surface area (Å²) < 4.78 is 12.3. The van der Waals surface area contributed by atoms with Crippen molar-refractivity contribution >= 4 is 57.6 Å². The monoisotopic (exact) mass is 579 g/mol. The van der Waals surface area contributed by atoms with E-state index in [1.54, 1.807) is 17.0 Å². The fraction of sp³-hybridized carbons (Fsp3) is 0.267. The van der Waals surface area contributed by atoms with Crippen LogP contribution in [0.4, 0.5) is 5.69 Å². The number of carbonyl (C=O) groups is 1. The van der Waals surface area contributed by atoms with Crippen molar-refractivity contribution in [2.75, 3.05) is 31.1 Å². The zero-order valence-corrected chi connectivity index (χ0v) is 23.8. The SMILES string of the molecule is NC1CCN(CCCOc2ccc(N3C(=O)/C(=C/c4ccc(Oc5ccc(Cl)cc5)cc4)SC3=S)cc2)CC1. The molecule has 3 aromatic rings. The summed E-state index contributed by atoms with van der Waals surface area (Å²) in [4.78, 5) is 17.8. The van der Waals surface area contributed by atoms with E-state index in [1.165, 1.54) is 11.8 Å². The van der Waals surface area contributed by atoms with Crippen LogP contribution in [0.5, 0.6) is 17.2 Å². The molecule has 6 nitrogen and oxygen atoms in total. The maximum absolute atomic E-state index is 13.2. The van der Waals surface area contributed by atoms with Gasteiger partial charge in [-0.2, -0.15) is 0 Å². The molecule has 5 rings (SSSR count). The van der Waals surface area contributed by atoms with E-state index in [4.69, 9.17) is 39.0 Å². The highest BCUT2D eigenvalue weighted by atomic mass is 35.5. The molecule has 9 heteroatoms. The topological polar surface area (TPSA) is 68.0 Å². The van der Waals surface area contributed by atoms with Gasteiger partial charge in [0.2, 0.25) is 0 Å². The van der Waals surface area contributed by atoms with Crippen molar-refractivity contribution in [1.29, 1.82) is 0 Å². The number of benzene rings is 3. The van der Waals surface area contributed by atoms with Gasteiger partial charge in [0.1, 0.15) is 17.2 Å². The van der Waals surface area contributed by atoms with Crippen molar-refractivity contribution in [3.05, 3.63) is 88.3 Å². The van der Waals surface area contributed by atoms with Crippen LogP contribution >= 0.6 is 35.6 Å². The number of nitrogens with two attached hydrogens (primary N) is 1. The number of amides is 1. The third kappa shape index (κ3) is 7.41. The standard InChI is InChI=1S/C30H30ClN3O3S2/c31-22-4-10-27(11-5-22)37-26-8-2-21(3-9-26)20-28-29(35)34(30(38)39-28)24-6-12-25(13-7-24)36-19-1-16-33-17-14-23(32)15-18-33/h2-13,20,23H,1,14-19,32H2/b28-20-. The lowest BCUT2D eigenvalue weighted by atomic mass is 10.1. The molecule has 2 heterocycles. The summed E-state index contributed by atoms with van der Waals surface area (Å²) in [5.74, 6) is 2.04. The van der Waals surface area contributed by atoms with Crippen LogP contribution in [0.25, 0.3) is 6.08 Å². The largest absolute Gasteiger partial charge is 0.494 e. The van der Waals surface area contributed by atoms with Gasteiger partial charge in [0.15, 0.2) is 4.32 Å². The second-order valence-corrected chi connectivity index (χ2v) is 11.6. The van der Waals surface area contributed by atoms with E-state index in [-0.39, 0.29) is 5.91 Å². The Bertz CT molecular complexity index is 1320. The van der Waals surface area contributed by atoms with Gasteiger partial charge < -0.3 is 20.1 Å². The van der Waals surface area contributed by atoms with Gasteiger partial charge in [0, 0.05) is 17.6 Å². The zero-order valence-electron chi connectivity index (χ0n) is 21.4. The molecule has 0 aliphatic carbocycles. The van der Waals surface area contributed by atoms with Gasteiger partial charge in [0.05, 0.1) is 17.2 Å². The van der Waals surface area contributed by atoms with Gasteiger partial charge in [0.25, 0.3) is 5.91 Å². The number of hydrogen-bond donors (Lipinski definition) is 1. The van der Waals surface area contributed by atoms with Crippen LogP contribution in [0.2, 0.25) is 5.02 Å². The number of anilines is 1. The second kappa shape index (κ2) is 13.0. The summed E-state index contributed by atoms with van der Waals surface area (Å²) in [6.45, 7) is 3.80. The van der Waals surface area contributed by atoms with E-state index in [2.05, 4.69) is 4.90 Å². The molecule has 202 valence electrons. The van der Waals surface area contributed by atoms with Gasteiger partial charge in [-0.25, -0.2) is 0 Å². The Morgan fingerprint density at radius 2 is 1.56 bits per heavy atom. The molecule has 2 aliphatic rings. The highest BCUT2D eigenvalue weighted by Gasteiger charge is 2.33. The van der Waals surface area contributed by atoms with Crippen LogP contribution in [-0.2, 0) is 4.79 Å². The van der Waals surface area contributed by atoms with Crippen LogP contribution in [0.15, 0.2) is 77.7 Å². The molecule has 3 aromatic carbocycles. The van der Waals surface area contributed by atoms with Crippen LogP contribution in [0, 0.1) is 0 Å². The summed E-state index contributed by atoms with van der Waals surface area (Å²) >= 11 is 12.8. The molecule has 0 aromatic heterocycles. The Balaban J connectivity index is 1.14. The number of carbonyl (C=O) groups excluding carboxylic acids is 1. The third-order valence-electron chi connectivity index (χ3n) is 6.64. The van der Waals surface area contributed by atoms with Gasteiger partial charge in [-0.15, -0.1) is 0 Å². The van der Waals surface area contributed by atoms with E-state index >= 15 is 0 Å². The van der Waals surface area contributed by atoms with Gasteiger partial charge >= 0.3 is 0 Å². The molecule has 2 aliphatic heterocycles. The second-order valence-electron chi connectivity index (χ2n) is 9.52. The molecule has 0 spiro atoms. The average molecular weight is 580 g/mol. The lowest BCUT2D eigenvalue weighted by Gasteiger charge is -2.29. The molecule has 39 heavy (non-hydrogen) atoms. The minimum absolute atomic E-state index is 0.138. The minimum atomic E-state index is -0.138. The first-order valence-electron chi connectivity index (χ1n) is 13.0. The first-order chi connectivity index (χ1) is 18.9. The zero-order chi connectivity index (χ0) is 27.2. The molecule has 2 N–H and O–H groups in total. The average Bonchev–Trinajstić information content (AvgIpc) is 3.22. The molecule has 1 amide bonds. The van der Waals surface area contributed by atoms with E-state index < -0.39 is 0 Å². The lowest BCUT2D eigenvalue weighted by Crippen LogP contribution is -2.40. The summed E-state index contributed by atoms with van der Waals surface area (Å²) in [6.07, 6.45) is 4.95. The number of thiocarbonyl (C=S) groups is 1. The maximum atomic E-state index is 13.2. The normalized spacial score (nSPS) is 17.7. The van der Waals surface area contributed by atoms with Gasteiger partial charge in [-0.3, -0.25) is 9.69 Å². The molecular formula is C30H30ClN3O3S2. The van der Waals surface area contributed by atoms with Crippen molar-refractivity contribution in [3.63, 3.8) is 0 Å². The first-order valence-corrected chi connectivity index (χ1v) is 14.6. The van der Waals surface area contributed by atoms with E-state index in [1.807, 2.05) is 66.7 Å². The molecule has 0 atom stereocenters. The van der Waals surface area contributed by atoms with Gasteiger partial charge in [-0.05, 0) is 105 Å². The number of likely N-dealkylation sites (tertiary alicyclic amines) is 1. The summed E-state index contributed by atoms with van der Waals surface area (Å²) in [5, 5.41) is 0.657. The molecule has 2 fully saturated rings. The Labute approximate surface area is 243 Å². The Kier molecular flexibility index (Phi) is 9.21. The van der Waals surface area contributed by atoms with E-state index in [0.717, 1.165) is 55.9 Å². The van der Waals surface area contributed by atoms with E-state index in [9.17, 15) is 4.79 Å². The number of nitrogens with zero attached hydrogens (tertiary/aromatic N) is 2. The summed E-state index contributed by atoms with van der Waals surface area (Å²) in [5.41, 5.74) is 7.59. The molecule has 0 unspecified atom stereocenters. The fourth-order valence-corrected chi connectivity index (χ4v) is 5.88. The van der Waals surface area contributed by atoms with Crippen LogP contribution < -0.4 is 20.1 Å². The Hall–Kier alpha value is -2.88. The van der Waals surface area contributed by atoms with E-state index in [0.29, 0.717) is 38.4 Å². The van der Waals surface area contributed by atoms with Gasteiger partial charge in [-0.1, -0.05) is 47.7 Å². The predicted octanol–water partition coefficient (Wildman–Crippen LogP) is 6.73. The van der Waals surface area contributed by atoms with Crippen molar-refractivity contribution in [2.45, 2.75) is 25.3 Å². The molecular weight excluding hydrogens is 550 g/mol. The molecule has 2 saturated heterocycles. The summed E-state index contributed by atoms with van der Waals surface area (Å²) in [6, 6.07) is 22.6. The van der Waals surface area contributed by atoms with Crippen molar-refractivity contribution in [2.24, 2.45) is 5.73 Å². The highest BCUT2D eigenvalue weighted by molar-refractivity contribution is 8.27. The fourth-order valence-electron chi connectivity index (χ4n) is 4.46. The van der Waals surface area contributed by atoms with Crippen molar-refractivity contribution in [3.8, 4) is 17.2 Å². The third-order valence-corrected chi connectivity index (χ3v) is 8.19. The number of rotatable bonds is 9. The maximum Gasteiger partial charge on any atom is 0.270 e. The van der Waals surface area contributed by atoms with Crippen LogP contribution in [0.3, 0.4) is 0 Å². The van der Waals surface area contributed by atoms with Crippen molar-refractivity contribution < 1.29 is 14.3 Å². The molecule has 0 bridgehead atoms. The summed E-state index contributed by atoms with van der Waals surface area (Å²) in [7, 11) is 0. The number of piperidine rings is 1. The van der Waals surface area contributed by atoms with Crippen molar-refractivity contribution in [1.82, 2.24) is 4.90 Å². The number of thioether (sulfide) groups is 1. The predicted molar refractivity (Wildman–Crippen MR) is 164 cm³/mol. The number of halogens is 1. The Morgan fingerprint density at radius 3 is 2.23 bits per heavy atom. The molecule has 0 radical (unpaired) electrons. The first kappa shape index (κ1) is 27.7.